The number of amides is 1. The Labute approximate surface area is 108 Å². The number of anilines is 1. The molecule has 17 heavy (non-hydrogen) atoms. The van der Waals surface area contributed by atoms with E-state index in [4.69, 9.17) is 0 Å². The van der Waals surface area contributed by atoms with Crippen LogP contribution in [0.15, 0.2) is 11.4 Å². The van der Waals surface area contributed by atoms with Gasteiger partial charge < -0.3 is 10.6 Å². The third-order valence-corrected chi connectivity index (χ3v) is 4.21. The molecule has 1 heterocycles. The van der Waals surface area contributed by atoms with E-state index in [9.17, 15) is 4.79 Å². The maximum Gasteiger partial charge on any atom is 0.221 e. The van der Waals surface area contributed by atoms with Crippen molar-refractivity contribution in [3.05, 3.63) is 16.3 Å². The maximum atomic E-state index is 11.0. The van der Waals surface area contributed by atoms with Gasteiger partial charge in [-0.25, -0.2) is 0 Å². The zero-order chi connectivity index (χ0) is 12.9. The number of rotatable bonds is 6. The molecule has 0 aliphatic carbocycles. The zero-order valence-electron chi connectivity index (χ0n) is 11.1. The van der Waals surface area contributed by atoms with Gasteiger partial charge in [-0.3, -0.25) is 4.79 Å². The molecular weight excluding hydrogens is 232 g/mol. The molecule has 1 amide bonds. The highest BCUT2D eigenvalue weighted by molar-refractivity contribution is 7.10. The van der Waals surface area contributed by atoms with Crippen LogP contribution in [0.5, 0.6) is 0 Å². The van der Waals surface area contributed by atoms with Crippen molar-refractivity contribution in [2.45, 2.75) is 52.6 Å². The van der Waals surface area contributed by atoms with Crippen molar-refractivity contribution in [1.29, 1.82) is 0 Å². The molecule has 0 bridgehead atoms. The predicted octanol–water partition coefficient (Wildman–Crippen LogP) is 3.37. The molecule has 0 aliphatic heterocycles. The quantitative estimate of drug-likeness (QED) is 0.817. The topological polar surface area (TPSA) is 41.1 Å². The van der Waals surface area contributed by atoms with Crippen molar-refractivity contribution in [1.82, 2.24) is 5.32 Å². The van der Waals surface area contributed by atoms with Crippen molar-refractivity contribution < 1.29 is 4.79 Å². The van der Waals surface area contributed by atoms with E-state index in [1.54, 1.807) is 11.3 Å². The van der Waals surface area contributed by atoms with E-state index in [-0.39, 0.29) is 11.4 Å². The van der Waals surface area contributed by atoms with Crippen LogP contribution in [0.4, 0.5) is 5.69 Å². The van der Waals surface area contributed by atoms with E-state index >= 15 is 0 Å². The Morgan fingerprint density at radius 2 is 2.06 bits per heavy atom. The Kier molecular flexibility index (Phi) is 5.15. The van der Waals surface area contributed by atoms with Crippen LogP contribution >= 0.6 is 11.3 Å². The van der Waals surface area contributed by atoms with Crippen molar-refractivity contribution >= 4 is 22.9 Å². The molecule has 0 fully saturated rings. The highest BCUT2D eigenvalue weighted by atomic mass is 32.1. The number of hydrogen-bond donors (Lipinski definition) is 2. The van der Waals surface area contributed by atoms with Gasteiger partial charge in [-0.05, 0) is 31.2 Å². The molecule has 0 saturated carbocycles. The number of nitrogens with one attached hydrogen (secondary N) is 2. The van der Waals surface area contributed by atoms with Gasteiger partial charge >= 0.3 is 0 Å². The molecule has 1 aromatic rings. The van der Waals surface area contributed by atoms with E-state index in [1.165, 1.54) is 11.8 Å². The molecule has 0 spiro atoms. The van der Waals surface area contributed by atoms with E-state index in [0.717, 1.165) is 25.1 Å². The Morgan fingerprint density at radius 3 is 2.59 bits per heavy atom. The molecule has 2 N–H and O–H groups in total. The van der Waals surface area contributed by atoms with Gasteiger partial charge in [0.25, 0.3) is 0 Å². The molecule has 1 rings (SSSR count). The number of thiophene rings is 1. The zero-order valence-corrected chi connectivity index (χ0v) is 11.9. The third kappa shape index (κ3) is 4.13. The lowest BCUT2D eigenvalue weighted by atomic mass is 9.95. The van der Waals surface area contributed by atoms with Crippen LogP contribution in [0.2, 0.25) is 0 Å². The van der Waals surface area contributed by atoms with Crippen molar-refractivity contribution in [2.24, 2.45) is 0 Å². The molecule has 0 saturated heterocycles. The first-order chi connectivity index (χ1) is 8.00. The summed E-state index contributed by atoms with van der Waals surface area (Å²) in [5.41, 5.74) is 1.11. The van der Waals surface area contributed by atoms with Gasteiger partial charge in [0, 0.05) is 23.9 Å². The van der Waals surface area contributed by atoms with E-state index < -0.39 is 0 Å². The molecule has 1 aromatic heterocycles. The number of hydrogen-bond acceptors (Lipinski definition) is 3. The summed E-state index contributed by atoms with van der Waals surface area (Å²) < 4.78 is 0. The molecule has 96 valence electrons. The maximum absolute atomic E-state index is 11.0. The van der Waals surface area contributed by atoms with Gasteiger partial charge in [0.2, 0.25) is 5.91 Å². The lowest BCUT2D eigenvalue weighted by Crippen LogP contribution is -2.40. The van der Waals surface area contributed by atoms with Gasteiger partial charge in [0.15, 0.2) is 0 Å². The molecule has 0 aliphatic rings. The summed E-state index contributed by atoms with van der Waals surface area (Å²) in [7, 11) is 0. The summed E-state index contributed by atoms with van der Waals surface area (Å²) in [6.45, 7) is 8.97. The fourth-order valence-corrected chi connectivity index (χ4v) is 2.34. The molecule has 0 unspecified atom stereocenters. The second-order valence-corrected chi connectivity index (χ2v) is 5.56. The normalized spacial score (nSPS) is 11.5. The fraction of sp³-hybridized carbons (Fsp3) is 0.615. The van der Waals surface area contributed by atoms with Gasteiger partial charge in [-0.15, -0.1) is 11.3 Å². The highest BCUT2D eigenvalue weighted by Crippen LogP contribution is 2.24. The summed E-state index contributed by atoms with van der Waals surface area (Å²) in [4.78, 5) is 12.2. The first kappa shape index (κ1) is 14.2. The lowest BCUT2D eigenvalue weighted by Gasteiger charge is -2.28. The third-order valence-electron chi connectivity index (χ3n) is 3.29. The minimum absolute atomic E-state index is 0.0154. The molecule has 0 radical (unpaired) electrons. The standard InChI is InChI=1S/C13H22N2OS/c1-5-13(4,6-2)14-9-12-11(7-8-17-12)15-10(3)16/h7-8,14H,5-6,9H2,1-4H3,(H,15,16). The first-order valence-electron chi connectivity index (χ1n) is 6.09. The summed E-state index contributed by atoms with van der Waals surface area (Å²) in [6.07, 6.45) is 2.20. The Balaban J connectivity index is 2.63. The average molecular weight is 254 g/mol. The molecular formula is C13H22N2OS. The second-order valence-electron chi connectivity index (χ2n) is 4.56. The lowest BCUT2D eigenvalue weighted by molar-refractivity contribution is -0.114. The van der Waals surface area contributed by atoms with Crippen LogP contribution < -0.4 is 10.6 Å². The molecule has 0 atom stereocenters. The minimum Gasteiger partial charge on any atom is -0.325 e. The van der Waals surface area contributed by atoms with Gasteiger partial charge in [0.05, 0.1) is 5.69 Å². The van der Waals surface area contributed by atoms with Crippen molar-refractivity contribution in [3.63, 3.8) is 0 Å². The second kappa shape index (κ2) is 6.17. The van der Waals surface area contributed by atoms with E-state index in [0.29, 0.717) is 0 Å². The Hall–Kier alpha value is -0.870. The van der Waals surface area contributed by atoms with Gasteiger partial charge in [-0.2, -0.15) is 0 Å². The Bertz CT molecular complexity index is 369. The predicted molar refractivity (Wildman–Crippen MR) is 74.4 cm³/mol. The van der Waals surface area contributed by atoms with E-state index in [1.807, 2.05) is 11.4 Å². The van der Waals surface area contributed by atoms with Crippen LogP contribution in [-0.4, -0.2) is 11.4 Å². The van der Waals surface area contributed by atoms with Crippen LogP contribution in [0.25, 0.3) is 0 Å². The van der Waals surface area contributed by atoms with E-state index in [2.05, 4.69) is 31.4 Å². The highest BCUT2D eigenvalue weighted by Gasteiger charge is 2.19. The summed E-state index contributed by atoms with van der Waals surface area (Å²) in [5, 5.41) is 8.44. The fourth-order valence-electron chi connectivity index (χ4n) is 1.57. The number of carbonyl (C=O) groups excluding carboxylic acids is 1. The molecule has 0 aromatic carbocycles. The average Bonchev–Trinajstić information content (AvgIpc) is 2.72. The summed E-state index contributed by atoms with van der Waals surface area (Å²) in [6, 6.07) is 1.96. The van der Waals surface area contributed by atoms with Crippen LogP contribution in [-0.2, 0) is 11.3 Å². The van der Waals surface area contributed by atoms with Crippen LogP contribution in [0.3, 0.4) is 0 Å². The SMILES string of the molecule is CCC(C)(CC)NCc1sccc1NC(C)=O. The van der Waals surface area contributed by atoms with Crippen molar-refractivity contribution in [3.8, 4) is 0 Å². The van der Waals surface area contributed by atoms with Crippen molar-refractivity contribution in [2.75, 3.05) is 5.32 Å². The van der Waals surface area contributed by atoms with Crippen LogP contribution in [0.1, 0.15) is 45.4 Å². The monoisotopic (exact) mass is 254 g/mol. The van der Waals surface area contributed by atoms with Crippen LogP contribution in [0, 0.1) is 0 Å². The summed E-state index contributed by atoms with van der Waals surface area (Å²) in [5.74, 6) is -0.0154. The summed E-state index contributed by atoms with van der Waals surface area (Å²) >= 11 is 1.68. The molecule has 4 heteroatoms. The smallest absolute Gasteiger partial charge is 0.221 e. The number of carbonyl (C=O) groups is 1. The Morgan fingerprint density at radius 1 is 1.41 bits per heavy atom. The first-order valence-corrected chi connectivity index (χ1v) is 6.97. The van der Waals surface area contributed by atoms with Gasteiger partial charge in [-0.1, -0.05) is 13.8 Å². The molecule has 3 nitrogen and oxygen atoms in total. The van der Waals surface area contributed by atoms with Gasteiger partial charge in [0.1, 0.15) is 0 Å². The minimum atomic E-state index is -0.0154. The largest absolute Gasteiger partial charge is 0.325 e.